The van der Waals surface area contributed by atoms with Crippen molar-refractivity contribution in [3.8, 4) is 0 Å². The maximum absolute atomic E-state index is 2.58. The fraction of sp³-hybridized carbons (Fsp3) is 0.500. The topological polar surface area (TPSA) is 0 Å². The number of hydrogen-bond acceptors (Lipinski definition) is 0. The summed E-state index contributed by atoms with van der Waals surface area (Å²) in [5.74, 6) is 0.438. The second kappa shape index (κ2) is 6.12. The summed E-state index contributed by atoms with van der Waals surface area (Å²) in [6, 6.07) is 9.09. The van der Waals surface area contributed by atoms with E-state index in [9.17, 15) is 0 Å². The quantitative estimate of drug-likeness (QED) is 0.496. The summed E-state index contributed by atoms with van der Waals surface area (Å²) < 4.78 is 0. The molecule has 0 saturated heterocycles. The van der Waals surface area contributed by atoms with Crippen LogP contribution in [0.4, 0.5) is 0 Å². The predicted octanol–water partition coefficient (Wildman–Crippen LogP) is 7.18. The van der Waals surface area contributed by atoms with Crippen molar-refractivity contribution in [1.82, 2.24) is 0 Å². The normalized spacial score (nSPS) is 20.9. The highest BCUT2D eigenvalue weighted by atomic mass is 28.3. The van der Waals surface area contributed by atoms with Gasteiger partial charge in [0.2, 0.25) is 0 Å². The molecule has 0 fully saturated rings. The third kappa shape index (κ3) is 3.24. The van der Waals surface area contributed by atoms with Gasteiger partial charge in [0.05, 0.1) is 8.80 Å². The fourth-order valence-electron chi connectivity index (χ4n) is 4.38. The maximum Gasteiger partial charge on any atom is 0.0745 e. The van der Waals surface area contributed by atoms with Gasteiger partial charge in [-0.15, -0.1) is 0 Å². The molecule has 0 bridgehead atoms. The third-order valence-corrected chi connectivity index (χ3v) is 7.26. The van der Waals surface area contributed by atoms with Gasteiger partial charge >= 0.3 is 0 Å². The number of rotatable bonds is 2. The van der Waals surface area contributed by atoms with Crippen molar-refractivity contribution in [2.24, 2.45) is 10.8 Å². The fourth-order valence-corrected chi connectivity index (χ4v) is 5.72. The second-order valence-corrected chi connectivity index (χ2v) is 12.5. The van der Waals surface area contributed by atoms with Crippen molar-refractivity contribution >= 4 is 14.4 Å². The first-order chi connectivity index (χ1) is 11.5. The van der Waals surface area contributed by atoms with Crippen LogP contribution >= 0.6 is 0 Å². The molecule has 1 unspecified atom stereocenters. The van der Waals surface area contributed by atoms with Gasteiger partial charge in [0.1, 0.15) is 0 Å². The van der Waals surface area contributed by atoms with E-state index >= 15 is 0 Å². The summed E-state index contributed by atoms with van der Waals surface area (Å²) in [5, 5.41) is 1.74. The number of fused-ring (bicyclic) bond motifs is 1. The van der Waals surface area contributed by atoms with Gasteiger partial charge < -0.3 is 0 Å². The zero-order chi connectivity index (χ0) is 18.6. The van der Waals surface area contributed by atoms with E-state index in [1.165, 1.54) is 23.1 Å². The Bertz CT molecular complexity index is 773. The van der Waals surface area contributed by atoms with E-state index in [2.05, 4.69) is 91.1 Å². The molecule has 0 aromatic heterocycles. The number of benzene rings is 1. The third-order valence-electron chi connectivity index (χ3n) is 5.58. The Balaban J connectivity index is 2.22. The van der Waals surface area contributed by atoms with Crippen LogP contribution in [0, 0.1) is 10.8 Å². The molecule has 2 aliphatic rings. The Kier molecular flexibility index (Phi) is 4.52. The van der Waals surface area contributed by atoms with Gasteiger partial charge in [-0.2, -0.15) is 0 Å². The SMILES string of the molecule is C[Si](C)C1=C(C2C=C(C(C)(C)C)c3ccccc32)C(C(C)(C)C)=CC1. The lowest BCUT2D eigenvalue weighted by molar-refractivity contribution is 0.507. The first-order valence-electron chi connectivity index (χ1n) is 9.58. The van der Waals surface area contributed by atoms with Crippen LogP contribution in [0.5, 0.6) is 0 Å². The standard InChI is InChI=1S/C24H33Si/c1-23(2,3)19-13-14-21(25(7)8)22(19)18-15-20(24(4,5)6)17-12-10-9-11-16(17)18/h9-13,15,18H,14H2,1-8H3. The Labute approximate surface area is 156 Å². The van der Waals surface area contributed by atoms with Crippen LogP contribution in [0.1, 0.15) is 65.0 Å². The van der Waals surface area contributed by atoms with Gasteiger partial charge in [-0.25, -0.2) is 0 Å². The van der Waals surface area contributed by atoms with Crippen molar-refractivity contribution < 1.29 is 0 Å². The largest absolute Gasteiger partial charge is 0.0768 e. The average Bonchev–Trinajstić information content (AvgIpc) is 3.07. The lowest BCUT2D eigenvalue weighted by Crippen LogP contribution is -2.16. The molecule has 133 valence electrons. The highest BCUT2D eigenvalue weighted by Crippen LogP contribution is 2.53. The van der Waals surface area contributed by atoms with Crippen LogP contribution in [0.3, 0.4) is 0 Å². The molecule has 0 nitrogen and oxygen atoms in total. The van der Waals surface area contributed by atoms with Crippen molar-refractivity contribution in [3.63, 3.8) is 0 Å². The van der Waals surface area contributed by atoms with E-state index in [4.69, 9.17) is 0 Å². The smallest absolute Gasteiger partial charge is 0.0745 e. The number of allylic oxidation sites excluding steroid dienone is 6. The Morgan fingerprint density at radius 1 is 0.880 bits per heavy atom. The summed E-state index contributed by atoms with van der Waals surface area (Å²) in [7, 11) is -0.445. The second-order valence-electron chi connectivity index (χ2n) is 9.86. The molecular weight excluding hydrogens is 316 g/mol. The lowest BCUT2D eigenvalue weighted by Gasteiger charge is -2.28. The summed E-state index contributed by atoms with van der Waals surface area (Å²) in [6.45, 7) is 19.0. The van der Waals surface area contributed by atoms with Crippen molar-refractivity contribution in [1.29, 1.82) is 0 Å². The molecule has 1 atom stereocenters. The molecule has 0 heterocycles. The molecule has 25 heavy (non-hydrogen) atoms. The van der Waals surface area contributed by atoms with Crippen LogP contribution in [0.15, 0.2) is 52.8 Å². The number of hydrogen-bond donors (Lipinski definition) is 0. The van der Waals surface area contributed by atoms with Crippen molar-refractivity contribution in [2.75, 3.05) is 0 Å². The minimum Gasteiger partial charge on any atom is -0.0768 e. The van der Waals surface area contributed by atoms with E-state index in [0.29, 0.717) is 5.92 Å². The first-order valence-corrected chi connectivity index (χ1v) is 12.1. The van der Waals surface area contributed by atoms with Crippen molar-refractivity contribution in [3.05, 3.63) is 63.9 Å². The zero-order valence-electron chi connectivity index (χ0n) is 17.2. The molecule has 1 aromatic carbocycles. The van der Waals surface area contributed by atoms with E-state index in [0.717, 1.165) is 0 Å². The molecule has 0 amide bonds. The highest BCUT2D eigenvalue weighted by Gasteiger charge is 2.37. The van der Waals surface area contributed by atoms with Crippen LogP contribution in [0.2, 0.25) is 13.1 Å². The average molecular weight is 350 g/mol. The first kappa shape index (κ1) is 18.4. The van der Waals surface area contributed by atoms with Crippen LogP contribution in [0.25, 0.3) is 5.57 Å². The van der Waals surface area contributed by atoms with Gasteiger partial charge in [0.15, 0.2) is 0 Å². The van der Waals surface area contributed by atoms with E-state index in [1.54, 1.807) is 16.3 Å². The van der Waals surface area contributed by atoms with Crippen LogP contribution in [-0.4, -0.2) is 8.80 Å². The zero-order valence-corrected chi connectivity index (χ0v) is 18.2. The Morgan fingerprint density at radius 3 is 2.04 bits per heavy atom. The molecule has 0 N–H and O–H groups in total. The molecule has 3 rings (SSSR count). The summed E-state index contributed by atoms with van der Waals surface area (Å²) >= 11 is 0. The van der Waals surface area contributed by atoms with E-state index in [1.807, 2.05) is 0 Å². The molecule has 0 aliphatic heterocycles. The molecule has 0 spiro atoms. The lowest BCUT2D eigenvalue weighted by atomic mass is 9.78. The monoisotopic (exact) mass is 349 g/mol. The van der Waals surface area contributed by atoms with Crippen LogP contribution < -0.4 is 0 Å². The Hall–Kier alpha value is -1.34. The minimum atomic E-state index is -0.445. The molecule has 2 aliphatic carbocycles. The van der Waals surface area contributed by atoms with Gasteiger partial charge in [-0.1, -0.05) is 96.3 Å². The molecular formula is C24H33Si. The molecule has 1 radical (unpaired) electrons. The summed E-state index contributed by atoms with van der Waals surface area (Å²) in [5.41, 5.74) is 8.12. The molecule has 1 aromatic rings. The van der Waals surface area contributed by atoms with Gasteiger partial charge in [0.25, 0.3) is 0 Å². The minimum absolute atomic E-state index is 0.183. The predicted molar refractivity (Wildman–Crippen MR) is 113 cm³/mol. The molecule has 0 saturated carbocycles. The van der Waals surface area contributed by atoms with Gasteiger partial charge in [0, 0.05) is 5.92 Å². The maximum atomic E-state index is 2.58. The summed E-state index contributed by atoms with van der Waals surface area (Å²) in [4.78, 5) is 0. The summed E-state index contributed by atoms with van der Waals surface area (Å²) in [6.07, 6.45) is 6.27. The van der Waals surface area contributed by atoms with Gasteiger partial charge in [-0.05, 0) is 45.1 Å². The van der Waals surface area contributed by atoms with E-state index < -0.39 is 8.80 Å². The van der Waals surface area contributed by atoms with Gasteiger partial charge in [-0.3, -0.25) is 0 Å². The molecule has 1 heteroatoms. The van der Waals surface area contributed by atoms with Crippen molar-refractivity contribution in [2.45, 2.75) is 67.0 Å². The highest BCUT2D eigenvalue weighted by molar-refractivity contribution is 6.64. The van der Waals surface area contributed by atoms with E-state index in [-0.39, 0.29) is 10.8 Å². The van der Waals surface area contributed by atoms with Crippen LogP contribution in [-0.2, 0) is 0 Å². The Morgan fingerprint density at radius 2 is 1.48 bits per heavy atom.